The van der Waals surface area contributed by atoms with Gasteiger partial charge in [-0.3, -0.25) is 0 Å². The fraction of sp³-hybridized carbons (Fsp3) is 0.333. The summed E-state index contributed by atoms with van der Waals surface area (Å²) in [6, 6.07) is 2.65. The zero-order valence-electron chi connectivity index (χ0n) is 6.72. The summed E-state index contributed by atoms with van der Waals surface area (Å²) in [6.07, 6.45) is 1.14. The van der Waals surface area contributed by atoms with Gasteiger partial charge in [-0.25, -0.2) is 4.39 Å². The Labute approximate surface area is 83.1 Å². The summed E-state index contributed by atoms with van der Waals surface area (Å²) >= 11 is 3.17. The highest BCUT2D eigenvalue weighted by Gasteiger charge is 2.46. The number of phenolic OH excluding ortho intramolecular Hbond substituents is 1. The molecule has 1 aliphatic rings. The lowest BCUT2D eigenvalue weighted by molar-refractivity contribution is 0.146. The summed E-state index contributed by atoms with van der Waals surface area (Å²) in [7, 11) is 0. The largest absolute Gasteiger partial charge is 0.505 e. The maximum absolute atomic E-state index is 12.9. The molecule has 70 valence electrons. The molecule has 0 aliphatic heterocycles. The molecular weight excluding hydrogens is 239 g/mol. The van der Waals surface area contributed by atoms with Crippen LogP contribution in [0, 0.1) is 5.82 Å². The van der Waals surface area contributed by atoms with Gasteiger partial charge in [0.25, 0.3) is 0 Å². The minimum atomic E-state index is -1.02. The van der Waals surface area contributed by atoms with Crippen molar-refractivity contribution >= 4 is 15.9 Å². The van der Waals surface area contributed by atoms with Crippen molar-refractivity contribution in [1.29, 1.82) is 0 Å². The highest BCUT2D eigenvalue weighted by molar-refractivity contribution is 9.10. The van der Waals surface area contributed by atoms with Gasteiger partial charge in [0.05, 0.1) is 5.60 Å². The van der Waals surface area contributed by atoms with E-state index in [2.05, 4.69) is 15.9 Å². The van der Waals surface area contributed by atoms with Gasteiger partial charge in [-0.15, -0.1) is 0 Å². The van der Waals surface area contributed by atoms with Crippen LogP contribution in [0.5, 0.6) is 5.75 Å². The molecule has 4 heteroatoms. The first-order valence-electron chi connectivity index (χ1n) is 3.94. The van der Waals surface area contributed by atoms with Crippen LogP contribution >= 0.6 is 15.9 Å². The molecule has 1 aromatic rings. The lowest BCUT2D eigenvalue weighted by Gasteiger charge is -2.12. The molecule has 0 amide bonds. The third-order valence-corrected chi connectivity index (χ3v) is 2.93. The first kappa shape index (κ1) is 8.97. The minimum Gasteiger partial charge on any atom is -0.505 e. The summed E-state index contributed by atoms with van der Waals surface area (Å²) in [5.74, 6) is -1.15. The molecule has 1 aliphatic carbocycles. The average molecular weight is 247 g/mol. The Morgan fingerprint density at radius 1 is 1.38 bits per heavy atom. The molecule has 0 spiro atoms. The van der Waals surface area contributed by atoms with Gasteiger partial charge in [-0.1, -0.05) is 15.9 Å². The fourth-order valence-electron chi connectivity index (χ4n) is 1.35. The van der Waals surface area contributed by atoms with Gasteiger partial charge in [0.1, 0.15) is 0 Å². The Kier molecular flexibility index (Phi) is 1.85. The Morgan fingerprint density at radius 3 is 2.54 bits per heavy atom. The van der Waals surface area contributed by atoms with E-state index in [0.717, 1.165) is 6.07 Å². The van der Waals surface area contributed by atoms with Crippen molar-refractivity contribution in [2.45, 2.75) is 18.4 Å². The number of aromatic hydroxyl groups is 1. The molecule has 0 bridgehead atoms. The fourth-order valence-corrected chi connectivity index (χ4v) is 2.04. The zero-order chi connectivity index (χ0) is 9.64. The number of aliphatic hydroxyl groups is 1. The number of rotatable bonds is 1. The van der Waals surface area contributed by atoms with Gasteiger partial charge in [0.2, 0.25) is 0 Å². The van der Waals surface area contributed by atoms with Crippen LogP contribution in [-0.4, -0.2) is 10.2 Å². The van der Waals surface area contributed by atoms with E-state index >= 15 is 0 Å². The quantitative estimate of drug-likeness (QED) is 0.799. The van der Waals surface area contributed by atoms with Crippen LogP contribution in [0.1, 0.15) is 18.4 Å². The smallest absolute Gasteiger partial charge is 0.165 e. The predicted molar refractivity (Wildman–Crippen MR) is 48.9 cm³/mol. The van der Waals surface area contributed by atoms with Crippen LogP contribution in [0.15, 0.2) is 16.6 Å². The van der Waals surface area contributed by atoms with Crippen LogP contribution in [-0.2, 0) is 5.60 Å². The van der Waals surface area contributed by atoms with Crippen LogP contribution in [0.25, 0.3) is 0 Å². The molecule has 1 aromatic carbocycles. The topological polar surface area (TPSA) is 40.5 Å². The average Bonchev–Trinajstić information content (AvgIpc) is 2.78. The normalized spacial score (nSPS) is 18.7. The van der Waals surface area contributed by atoms with Crippen molar-refractivity contribution in [2.24, 2.45) is 0 Å². The van der Waals surface area contributed by atoms with E-state index in [1.165, 1.54) is 6.07 Å². The Hall–Kier alpha value is -0.610. The molecule has 2 rings (SSSR count). The summed E-state index contributed by atoms with van der Waals surface area (Å²) in [5, 5.41) is 19.1. The minimum absolute atomic E-state index is 0.271. The van der Waals surface area contributed by atoms with Crippen molar-refractivity contribution in [1.82, 2.24) is 0 Å². The molecule has 0 atom stereocenters. The molecule has 0 unspecified atom stereocenters. The Balaban J connectivity index is 2.61. The van der Waals surface area contributed by atoms with Crippen LogP contribution in [0.3, 0.4) is 0 Å². The molecule has 2 nitrogen and oxygen atoms in total. The lowest BCUT2D eigenvalue weighted by Crippen LogP contribution is -2.06. The van der Waals surface area contributed by atoms with Crippen molar-refractivity contribution < 1.29 is 14.6 Å². The second kappa shape index (κ2) is 2.69. The number of hydrogen-bond acceptors (Lipinski definition) is 2. The van der Waals surface area contributed by atoms with Gasteiger partial charge in [-0.05, 0) is 25.0 Å². The third kappa shape index (κ3) is 1.34. The lowest BCUT2D eigenvalue weighted by atomic mass is 10.1. The van der Waals surface area contributed by atoms with E-state index in [-0.39, 0.29) is 5.56 Å². The van der Waals surface area contributed by atoms with Gasteiger partial charge in [0.15, 0.2) is 11.6 Å². The number of halogens is 2. The molecule has 0 radical (unpaired) electrons. The maximum Gasteiger partial charge on any atom is 0.165 e. The van der Waals surface area contributed by atoms with E-state index in [0.29, 0.717) is 17.3 Å². The standard InChI is InChI=1S/C9H8BrFO2/c10-5-1-2-6(11)8(12)7(5)9(13)3-4-9/h1-2,12-13H,3-4H2. The summed E-state index contributed by atoms with van der Waals surface area (Å²) < 4.78 is 13.5. The monoisotopic (exact) mass is 246 g/mol. The molecular formula is C9H8BrFO2. The number of benzene rings is 1. The maximum atomic E-state index is 12.9. The number of phenols is 1. The van der Waals surface area contributed by atoms with Gasteiger partial charge >= 0.3 is 0 Å². The molecule has 0 heterocycles. The van der Waals surface area contributed by atoms with Crippen molar-refractivity contribution in [3.05, 3.63) is 28.0 Å². The van der Waals surface area contributed by atoms with Gasteiger partial charge in [0, 0.05) is 10.0 Å². The predicted octanol–water partition coefficient (Wildman–Crippen LogP) is 2.28. The van der Waals surface area contributed by atoms with Gasteiger partial charge in [-0.2, -0.15) is 0 Å². The summed E-state index contributed by atoms with van der Waals surface area (Å²) in [5.41, 5.74) is -0.752. The van der Waals surface area contributed by atoms with Crippen molar-refractivity contribution in [3.63, 3.8) is 0 Å². The second-order valence-electron chi connectivity index (χ2n) is 3.28. The zero-order valence-corrected chi connectivity index (χ0v) is 8.31. The summed E-state index contributed by atoms with van der Waals surface area (Å²) in [6.45, 7) is 0. The van der Waals surface area contributed by atoms with E-state index in [1.54, 1.807) is 0 Å². The molecule has 0 saturated heterocycles. The van der Waals surface area contributed by atoms with E-state index in [1.807, 2.05) is 0 Å². The Morgan fingerprint density at radius 2 is 2.00 bits per heavy atom. The molecule has 2 N–H and O–H groups in total. The van der Waals surface area contributed by atoms with E-state index < -0.39 is 17.2 Å². The van der Waals surface area contributed by atoms with Crippen molar-refractivity contribution in [3.8, 4) is 5.75 Å². The number of hydrogen-bond donors (Lipinski definition) is 2. The first-order valence-corrected chi connectivity index (χ1v) is 4.74. The molecule has 1 fully saturated rings. The second-order valence-corrected chi connectivity index (χ2v) is 4.14. The Bertz CT molecular complexity index is 361. The van der Waals surface area contributed by atoms with E-state index in [9.17, 15) is 14.6 Å². The molecule has 1 saturated carbocycles. The van der Waals surface area contributed by atoms with E-state index in [4.69, 9.17) is 0 Å². The van der Waals surface area contributed by atoms with Crippen molar-refractivity contribution in [2.75, 3.05) is 0 Å². The van der Waals surface area contributed by atoms with Crippen LogP contribution < -0.4 is 0 Å². The third-order valence-electron chi connectivity index (χ3n) is 2.27. The highest BCUT2D eigenvalue weighted by Crippen LogP contribution is 2.51. The van der Waals surface area contributed by atoms with Crippen LogP contribution in [0.2, 0.25) is 0 Å². The summed E-state index contributed by atoms with van der Waals surface area (Å²) in [4.78, 5) is 0. The SMILES string of the molecule is Oc1c(F)ccc(Br)c1C1(O)CC1. The van der Waals surface area contributed by atoms with Crippen LogP contribution in [0.4, 0.5) is 4.39 Å². The molecule has 0 aromatic heterocycles. The van der Waals surface area contributed by atoms with Gasteiger partial charge < -0.3 is 10.2 Å². The first-order chi connectivity index (χ1) is 6.04. The highest BCUT2D eigenvalue weighted by atomic mass is 79.9. The molecule has 13 heavy (non-hydrogen) atoms.